The van der Waals surface area contributed by atoms with Crippen LogP contribution in [0.3, 0.4) is 0 Å². The van der Waals surface area contributed by atoms with Gasteiger partial charge in [-0.1, -0.05) is 364 Å². The van der Waals surface area contributed by atoms with Crippen LogP contribution in [0.1, 0.15) is 0 Å². The third-order valence-corrected chi connectivity index (χ3v) is 48.5. The molecule has 0 radical (unpaired) electrons. The van der Waals surface area contributed by atoms with E-state index in [2.05, 4.69) is 194 Å². The lowest BCUT2D eigenvalue weighted by Crippen LogP contribution is -2.91. The van der Waals surface area contributed by atoms with Crippen LogP contribution in [-0.4, -0.2) is 65.8 Å². The van der Waals surface area contributed by atoms with E-state index in [4.69, 9.17) is 30.4 Å². The highest BCUT2D eigenvalue weighted by Crippen LogP contribution is 2.40. The molecule has 2 aliphatic rings. The molecule has 2 saturated heterocycles. The Kier molecular flexibility index (Phi) is 16.0. The maximum absolute atomic E-state index is 9.02. The Morgan fingerprint density at radius 1 is 0.138 bits per heavy atom. The Bertz CT molecular complexity index is 3470. The standard InChI is InChI=1S/2C36H30O4Si3.Al/c2*37-41(31-19-7-1-8-20-31,32-21-9-2-10-22-32)39-43(35-27-15-5-16-28-35,36-29-17-6-18-30-36)40-42(38,33-23-11-3-12-24-33)34-25-13-4-14-26-34;/h2*1-30H;/q2*-2;+3. The van der Waals surface area contributed by atoms with Gasteiger partial charge in [0.2, 0.25) is 0 Å². The minimum Gasteiger partial charge on any atom is -0.607 e. The SMILES string of the molecule is c1ccc([Si]2(c3ccccc3)[O][Al-]3([O][Si](c4ccccc4)(c4ccccc4)O[Si](c4ccccc4)(c4ccccc4)O2)[O][Si](c2ccccc2)(c2ccccc2)O[Si](c2ccccc2)(c2ccccc2)O[Si](c2ccccc2)(c2ccccc2)[O]3)cc1. The number of hydrogen-bond donors (Lipinski definition) is 0. The normalized spacial score (nSPS) is 17.9. The molecule has 8 nitrogen and oxygen atoms in total. The maximum atomic E-state index is 9.02. The predicted octanol–water partition coefficient (Wildman–Crippen LogP) is 7.12. The smallest absolute Gasteiger partial charge is 0.607 e. The average molecular weight is 1250 g/mol. The van der Waals surface area contributed by atoms with Gasteiger partial charge in [0.05, 0.1) is 0 Å². The zero-order chi connectivity index (χ0) is 58.5. The molecular weight excluding hydrogens is 1190 g/mol. The first-order valence-corrected chi connectivity index (χ1v) is 42.1. The minimum atomic E-state index is -6.03. The van der Waals surface area contributed by atoms with Crippen LogP contribution < -0.4 is 62.2 Å². The zero-order valence-corrected chi connectivity index (χ0v) is 54.6. The molecule has 12 aromatic carbocycles. The zero-order valence-electron chi connectivity index (χ0n) is 47.5. The Morgan fingerprint density at radius 3 is 0.356 bits per heavy atom. The summed E-state index contributed by atoms with van der Waals surface area (Å²) < 4.78 is 71.6. The summed E-state index contributed by atoms with van der Waals surface area (Å²) in [5, 5.41) is 9.71. The second-order valence-electron chi connectivity index (χ2n) is 21.5. The lowest BCUT2D eigenvalue weighted by atomic mass is 10.4. The third kappa shape index (κ3) is 10.5. The third-order valence-electron chi connectivity index (χ3n) is 16.2. The summed E-state index contributed by atoms with van der Waals surface area (Å²) >= 11 is -6.03. The van der Waals surface area contributed by atoms with Crippen molar-refractivity contribution in [1.29, 1.82) is 0 Å². The molecule has 0 aromatic heterocycles. The molecule has 2 fully saturated rings. The van der Waals surface area contributed by atoms with Crippen LogP contribution in [0.4, 0.5) is 0 Å². The van der Waals surface area contributed by atoms with Crippen molar-refractivity contribution in [3.63, 3.8) is 0 Å². The van der Waals surface area contributed by atoms with E-state index in [9.17, 15) is 0 Å². The van der Waals surface area contributed by atoms with Crippen LogP contribution in [0.2, 0.25) is 0 Å². The summed E-state index contributed by atoms with van der Waals surface area (Å²) in [5.41, 5.74) is 0. The molecule has 1 spiro atoms. The lowest BCUT2D eigenvalue weighted by Gasteiger charge is -2.62. The summed E-state index contributed by atoms with van der Waals surface area (Å²) in [7, 11) is -26.9. The summed E-state index contributed by atoms with van der Waals surface area (Å²) in [6.45, 7) is 0. The fourth-order valence-corrected chi connectivity index (χ4v) is 54.1. The van der Waals surface area contributed by atoms with Crippen molar-refractivity contribution in [2.45, 2.75) is 0 Å². The van der Waals surface area contributed by atoms with E-state index in [1.807, 2.05) is 170 Å². The van der Waals surface area contributed by atoms with Gasteiger partial charge in [-0.15, -0.1) is 0 Å². The van der Waals surface area contributed by atoms with Gasteiger partial charge < -0.3 is 30.4 Å². The van der Waals surface area contributed by atoms with Crippen molar-refractivity contribution in [1.82, 2.24) is 0 Å². The lowest BCUT2D eigenvalue weighted by molar-refractivity contribution is 0.0920. The molecule has 2 aliphatic heterocycles. The first-order valence-electron chi connectivity index (χ1n) is 29.3. The molecule has 0 amide bonds. The van der Waals surface area contributed by atoms with Crippen molar-refractivity contribution in [3.8, 4) is 0 Å². The van der Waals surface area contributed by atoms with Gasteiger partial charge in [0.25, 0.3) is 0 Å². The van der Waals surface area contributed by atoms with Crippen LogP contribution in [0.15, 0.2) is 364 Å². The van der Waals surface area contributed by atoms with Gasteiger partial charge in [-0.05, 0) is 62.2 Å². The van der Waals surface area contributed by atoms with Crippen LogP contribution in [-0.2, 0) is 30.4 Å². The van der Waals surface area contributed by atoms with E-state index in [-0.39, 0.29) is 0 Å². The summed E-state index contributed by atoms with van der Waals surface area (Å²) in [4.78, 5) is 0. The molecular formula is C72H60AlO8Si6-. The van der Waals surface area contributed by atoms with E-state index in [1.165, 1.54) is 0 Å². The van der Waals surface area contributed by atoms with E-state index < -0.39 is 65.8 Å². The minimum absolute atomic E-state index is 0.784. The topological polar surface area (TPSA) is 73.8 Å². The van der Waals surface area contributed by atoms with Crippen molar-refractivity contribution in [2.24, 2.45) is 0 Å². The van der Waals surface area contributed by atoms with Crippen LogP contribution in [0, 0.1) is 0 Å². The second-order valence-corrected chi connectivity index (χ2v) is 44.1. The Balaban J connectivity index is 1.21. The molecule has 0 bridgehead atoms. The monoisotopic (exact) mass is 1250 g/mol. The molecule has 0 atom stereocenters. The molecule has 424 valence electrons. The maximum Gasteiger partial charge on any atom is 0.841 e. The fraction of sp³-hybridized carbons (Fsp3) is 0. The highest BCUT2D eigenvalue weighted by molar-refractivity contribution is 7.16. The summed E-state index contributed by atoms with van der Waals surface area (Å²) in [6.07, 6.45) is 0. The number of hydrogen-bond acceptors (Lipinski definition) is 8. The van der Waals surface area contributed by atoms with E-state index in [0.717, 1.165) is 62.2 Å². The van der Waals surface area contributed by atoms with Crippen LogP contribution >= 0.6 is 0 Å². The Hall–Kier alpha value is -7.85. The summed E-state index contributed by atoms with van der Waals surface area (Å²) in [5.74, 6) is 0. The number of rotatable bonds is 12. The first-order chi connectivity index (χ1) is 42.9. The first kappa shape index (κ1) is 56.9. The van der Waals surface area contributed by atoms with Crippen LogP contribution in [0.25, 0.3) is 0 Å². The molecule has 2 heterocycles. The molecule has 12 aromatic rings. The largest absolute Gasteiger partial charge is 0.841 e. The van der Waals surface area contributed by atoms with Crippen molar-refractivity contribution >= 4 is 128 Å². The highest BCUT2D eigenvalue weighted by Gasteiger charge is 2.74. The molecule has 87 heavy (non-hydrogen) atoms. The van der Waals surface area contributed by atoms with Gasteiger partial charge in [0.1, 0.15) is 0 Å². The quantitative estimate of drug-likeness (QED) is 0.120. The molecule has 14 rings (SSSR count). The van der Waals surface area contributed by atoms with E-state index in [1.54, 1.807) is 0 Å². The van der Waals surface area contributed by atoms with Gasteiger partial charge in [-0.2, -0.15) is 0 Å². The second kappa shape index (κ2) is 24.4. The van der Waals surface area contributed by atoms with Gasteiger partial charge in [0, 0.05) is 0 Å². The fourth-order valence-electron chi connectivity index (χ4n) is 12.3. The average Bonchev–Trinajstić information content (AvgIpc) is 0.720. The molecule has 0 saturated carbocycles. The molecule has 15 heteroatoms. The Morgan fingerprint density at radius 2 is 0.241 bits per heavy atom. The van der Waals surface area contributed by atoms with Crippen molar-refractivity contribution in [3.05, 3.63) is 364 Å². The molecule has 0 N–H and O–H groups in total. The van der Waals surface area contributed by atoms with Crippen LogP contribution in [0.5, 0.6) is 0 Å². The number of benzene rings is 12. The van der Waals surface area contributed by atoms with Crippen molar-refractivity contribution < 1.29 is 30.4 Å². The van der Waals surface area contributed by atoms with Crippen molar-refractivity contribution in [2.75, 3.05) is 0 Å². The predicted molar refractivity (Wildman–Crippen MR) is 362 cm³/mol. The Labute approximate surface area is 518 Å². The van der Waals surface area contributed by atoms with E-state index >= 15 is 0 Å². The van der Waals surface area contributed by atoms with Gasteiger partial charge in [0.15, 0.2) is 0 Å². The van der Waals surface area contributed by atoms with Gasteiger partial charge in [-0.3, -0.25) is 0 Å². The van der Waals surface area contributed by atoms with Gasteiger partial charge in [-0.25, -0.2) is 0 Å². The van der Waals surface area contributed by atoms with Gasteiger partial charge >= 0.3 is 65.8 Å². The molecule has 0 unspecified atom stereocenters. The highest BCUT2D eigenvalue weighted by atomic mass is 28.5. The molecule has 0 aliphatic carbocycles. The summed E-state index contributed by atoms with van der Waals surface area (Å²) in [6, 6.07) is 124. The van der Waals surface area contributed by atoms with E-state index in [0.29, 0.717) is 0 Å².